The molecule has 0 saturated heterocycles. The number of hydrogen-bond acceptors (Lipinski definition) is 2. The molecule has 0 aromatic heterocycles. The molecule has 0 N–H and O–H groups in total. The van der Waals surface area contributed by atoms with Crippen molar-refractivity contribution in [1.82, 2.24) is 0 Å². The second-order valence-corrected chi connectivity index (χ2v) is 3.10. The van der Waals surface area contributed by atoms with E-state index >= 15 is 0 Å². The van der Waals surface area contributed by atoms with Crippen LogP contribution < -0.4 is 0 Å². The summed E-state index contributed by atoms with van der Waals surface area (Å²) in [7, 11) is 0. The van der Waals surface area contributed by atoms with Crippen molar-refractivity contribution in [3.05, 3.63) is 51.7 Å². The summed E-state index contributed by atoms with van der Waals surface area (Å²) in [6, 6.07) is 3.98. The van der Waals surface area contributed by atoms with Gasteiger partial charge in [0.2, 0.25) is 0 Å². The van der Waals surface area contributed by atoms with Crippen LogP contribution in [0.3, 0.4) is 0 Å². The molecule has 1 aromatic rings. The van der Waals surface area contributed by atoms with Crippen molar-refractivity contribution in [2.45, 2.75) is 6.92 Å². The topological polar surface area (TPSA) is 65.8 Å². The molecule has 0 aliphatic rings. The molecule has 16 heavy (non-hydrogen) atoms. The lowest BCUT2D eigenvalue weighted by molar-refractivity contribution is 0.101. The van der Waals surface area contributed by atoms with Crippen LogP contribution in [-0.2, 0) is 0 Å². The lowest BCUT2D eigenvalue weighted by Crippen LogP contribution is -1.96. The number of carbonyl (C=O) groups is 1. The second kappa shape index (κ2) is 5.68. The van der Waals surface area contributed by atoms with Crippen molar-refractivity contribution in [2.24, 2.45) is 5.11 Å². The predicted molar refractivity (Wildman–Crippen MR) is 59.5 cm³/mol. The maximum atomic E-state index is 12.9. The molecule has 0 radical (unpaired) electrons. The Kier molecular flexibility index (Phi) is 4.24. The smallest absolute Gasteiger partial charge is 0.160 e. The molecule has 0 fully saturated rings. The summed E-state index contributed by atoms with van der Waals surface area (Å²) < 4.78 is 12.9. The average Bonchev–Trinajstić information content (AvgIpc) is 2.26. The molecule has 4 nitrogen and oxygen atoms in total. The number of carbonyl (C=O) groups excluding carboxylic acids is 1. The molecule has 0 heterocycles. The SMILES string of the molecule is CC(=O)c1cc(F)ccc1C=CCN=[N+]=[N-]. The van der Waals surface area contributed by atoms with E-state index in [1.807, 2.05) is 0 Å². The average molecular weight is 219 g/mol. The van der Waals surface area contributed by atoms with Gasteiger partial charge in [0.1, 0.15) is 5.82 Å². The third-order valence-corrected chi connectivity index (χ3v) is 1.94. The van der Waals surface area contributed by atoms with E-state index in [9.17, 15) is 9.18 Å². The zero-order valence-corrected chi connectivity index (χ0v) is 8.72. The number of Topliss-reactive ketones (excluding diaryl/α,β-unsaturated/α-hetero) is 1. The molecular weight excluding hydrogens is 209 g/mol. The summed E-state index contributed by atoms with van der Waals surface area (Å²) in [5.41, 5.74) is 8.99. The standard InChI is InChI=1S/C11H10FN3O/c1-8(16)11-7-10(12)5-4-9(11)3-2-6-14-15-13/h2-5,7H,6H2,1H3. The maximum absolute atomic E-state index is 12.9. The van der Waals surface area contributed by atoms with E-state index in [1.54, 1.807) is 12.2 Å². The van der Waals surface area contributed by atoms with Gasteiger partial charge in [-0.05, 0) is 30.2 Å². The Morgan fingerprint density at radius 2 is 2.38 bits per heavy atom. The molecule has 0 unspecified atom stereocenters. The van der Waals surface area contributed by atoms with Crippen molar-refractivity contribution >= 4 is 11.9 Å². The normalized spacial score (nSPS) is 10.1. The number of rotatable bonds is 4. The Balaban J connectivity index is 2.99. The molecular formula is C11H10FN3O. The van der Waals surface area contributed by atoms with Gasteiger partial charge in [-0.3, -0.25) is 4.79 Å². The molecule has 1 aromatic carbocycles. The molecule has 5 heteroatoms. The lowest BCUT2D eigenvalue weighted by Gasteiger charge is -2.01. The zero-order valence-electron chi connectivity index (χ0n) is 8.72. The third-order valence-electron chi connectivity index (χ3n) is 1.94. The van der Waals surface area contributed by atoms with Crippen molar-refractivity contribution < 1.29 is 9.18 Å². The molecule has 0 spiro atoms. The van der Waals surface area contributed by atoms with Gasteiger partial charge in [-0.1, -0.05) is 23.3 Å². The van der Waals surface area contributed by atoms with Gasteiger partial charge in [-0.15, -0.1) is 0 Å². The van der Waals surface area contributed by atoms with Gasteiger partial charge in [0.15, 0.2) is 5.78 Å². The quantitative estimate of drug-likeness (QED) is 0.331. The highest BCUT2D eigenvalue weighted by Crippen LogP contribution is 2.13. The van der Waals surface area contributed by atoms with Gasteiger partial charge in [0.05, 0.1) is 0 Å². The zero-order chi connectivity index (χ0) is 12.0. The fraction of sp³-hybridized carbons (Fsp3) is 0.182. The number of benzene rings is 1. The van der Waals surface area contributed by atoms with Crippen LogP contribution >= 0.6 is 0 Å². The van der Waals surface area contributed by atoms with E-state index in [1.165, 1.54) is 25.1 Å². The van der Waals surface area contributed by atoms with Crippen LogP contribution in [-0.4, -0.2) is 12.3 Å². The molecule has 0 bridgehead atoms. The van der Waals surface area contributed by atoms with Crippen LogP contribution in [0.1, 0.15) is 22.8 Å². The van der Waals surface area contributed by atoms with E-state index in [0.29, 0.717) is 11.1 Å². The fourth-order valence-corrected chi connectivity index (χ4v) is 1.24. The van der Waals surface area contributed by atoms with Crippen LogP contribution in [0, 0.1) is 5.82 Å². The lowest BCUT2D eigenvalue weighted by atomic mass is 10.0. The first-order chi connectivity index (χ1) is 7.65. The molecule has 0 atom stereocenters. The number of azide groups is 1. The van der Waals surface area contributed by atoms with Crippen LogP contribution in [0.4, 0.5) is 4.39 Å². The largest absolute Gasteiger partial charge is 0.294 e. The summed E-state index contributed by atoms with van der Waals surface area (Å²) in [6.07, 6.45) is 3.24. The van der Waals surface area contributed by atoms with Gasteiger partial charge in [0, 0.05) is 17.0 Å². The molecule has 1 rings (SSSR count). The Bertz CT molecular complexity index is 476. The van der Waals surface area contributed by atoms with E-state index in [0.717, 1.165) is 0 Å². The first kappa shape index (κ1) is 11.9. The van der Waals surface area contributed by atoms with Crippen molar-refractivity contribution in [3.8, 4) is 0 Å². The predicted octanol–water partition coefficient (Wildman–Crippen LogP) is 3.35. The van der Waals surface area contributed by atoms with Gasteiger partial charge in [-0.25, -0.2) is 4.39 Å². The number of halogens is 1. The minimum absolute atomic E-state index is 0.200. The highest BCUT2D eigenvalue weighted by molar-refractivity contribution is 5.97. The van der Waals surface area contributed by atoms with Crippen LogP contribution in [0.2, 0.25) is 0 Å². The monoisotopic (exact) mass is 219 g/mol. The van der Waals surface area contributed by atoms with Crippen molar-refractivity contribution in [1.29, 1.82) is 0 Å². The number of hydrogen-bond donors (Lipinski definition) is 0. The minimum Gasteiger partial charge on any atom is -0.294 e. The number of ketones is 1. The summed E-state index contributed by atoms with van der Waals surface area (Å²) in [6.45, 7) is 1.57. The van der Waals surface area contributed by atoms with E-state index < -0.39 is 5.82 Å². The first-order valence-corrected chi connectivity index (χ1v) is 4.63. The van der Waals surface area contributed by atoms with E-state index in [-0.39, 0.29) is 12.3 Å². The van der Waals surface area contributed by atoms with Gasteiger partial charge >= 0.3 is 0 Å². The highest BCUT2D eigenvalue weighted by Gasteiger charge is 2.05. The Hall–Kier alpha value is -2.13. The minimum atomic E-state index is -0.447. The van der Waals surface area contributed by atoms with E-state index in [4.69, 9.17) is 5.53 Å². The molecule has 0 aliphatic heterocycles. The first-order valence-electron chi connectivity index (χ1n) is 4.63. The van der Waals surface area contributed by atoms with Crippen LogP contribution in [0.15, 0.2) is 29.4 Å². The molecule has 0 saturated carbocycles. The number of nitrogens with zero attached hydrogens (tertiary/aromatic N) is 3. The van der Waals surface area contributed by atoms with E-state index in [2.05, 4.69) is 10.0 Å². The van der Waals surface area contributed by atoms with Gasteiger partial charge in [0.25, 0.3) is 0 Å². The van der Waals surface area contributed by atoms with Crippen LogP contribution in [0.25, 0.3) is 16.5 Å². The van der Waals surface area contributed by atoms with Gasteiger partial charge in [-0.2, -0.15) is 0 Å². The van der Waals surface area contributed by atoms with Crippen LogP contribution in [0.5, 0.6) is 0 Å². The second-order valence-electron chi connectivity index (χ2n) is 3.10. The molecule has 82 valence electrons. The Morgan fingerprint density at radius 1 is 1.62 bits per heavy atom. The fourth-order valence-electron chi connectivity index (χ4n) is 1.24. The summed E-state index contributed by atoms with van der Waals surface area (Å²) in [5, 5.41) is 3.31. The van der Waals surface area contributed by atoms with Gasteiger partial charge < -0.3 is 0 Å². The van der Waals surface area contributed by atoms with Crippen molar-refractivity contribution in [3.63, 3.8) is 0 Å². The maximum Gasteiger partial charge on any atom is 0.160 e. The Labute approximate surface area is 92.0 Å². The third kappa shape index (κ3) is 3.22. The summed E-state index contributed by atoms with van der Waals surface area (Å²) >= 11 is 0. The van der Waals surface area contributed by atoms with Crippen molar-refractivity contribution in [2.75, 3.05) is 6.54 Å². The molecule has 0 amide bonds. The Morgan fingerprint density at radius 3 is 3.00 bits per heavy atom. The molecule has 0 aliphatic carbocycles. The summed E-state index contributed by atoms with van der Waals surface area (Å²) in [4.78, 5) is 13.8. The highest BCUT2D eigenvalue weighted by atomic mass is 19.1. The summed E-state index contributed by atoms with van der Waals surface area (Å²) in [5.74, 6) is -0.652.